The molecule has 0 radical (unpaired) electrons. The summed E-state index contributed by atoms with van der Waals surface area (Å²) in [6.07, 6.45) is 4.10. The molecule has 0 aliphatic carbocycles. The lowest BCUT2D eigenvalue weighted by atomic mass is 10.1. The minimum atomic E-state index is 0.0583. The molecular weight excluding hydrogens is 390 g/mol. The van der Waals surface area contributed by atoms with Crippen LogP contribution >= 0.6 is 0 Å². The number of likely N-dealkylation sites (tertiary alicyclic amines) is 2. The lowest BCUT2D eigenvalue weighted by Gasteiger charge is -2.25. The number of carbonyl (C=O) groups is 2. The SMILES string of the molecule is CN(C)c1ccc(C(=O)N2CCC[C@H]2COc2ccc(C(=O)N3CCCC3)cc2)cc1. The van der Waals surface area contributed by atoms with Gasteiger partial charge in [-0.3, -0.25) is 9.59 Å². The van der Waals surface area contributed by atoms with Crippen molar-refractivity contribution < 1.29 is 14.3 Å². The summed E-state index contributed by atoms with van der Waals surface area (Å²) in [5, 5.41) is 0. The Hall–Kier alpha value is -3.02. The minimum absolute atomic E-state index is 0.0583. The number of hydrogen-bond acceptors (Lipinski definition) is 4. The van der Waals surface area contributed by atoms with E-state index >= 15 is 0 Å². The predicted octanol–water partition coefficient (Wildman–Crippen LogP) is 3.67. The van der Waals surface area contributed by atoms with Crippen LogP contribution in [0.2, 0.25) is 0 Å². The number of rotatable bonds is 6. The van der Waals surface area contributed by atoms with E-state index in [0.29, 0.717) is 17.7 Å². The fourth-order valence-corrected chi connectivity index (χ4v) is 4.33. The van der Waals surface area contributed by atoms with Crippen molar-refractivity contribution in [3.05, 3.63) is 59.7 Å². The first-order chi connectivity index (χ1) is 15.0. The maximum absolute atomic E-state index is 13.0. The lowest BCUT2D eigenvalue weighted by Crippen LogP contribution is -2.39. The molecule has 0 aromatic heterocycles. The summed E-state index contributed by atoms with van der Waals surface area (Å²) in [5.41, 5.74) is 2.49. The van der Waals surface area contributed by atoms with E-state index in [1.54, 1.807) is 0 Å². The van der Waals surface area contributed by atoms with Crippen molar-refractivity contribution >= 4 is 17.5 Å². The largest absolute Gasteiger partial charge is 0.491 e. The standard InChI is InChI=1S/C25H31N3O3/c1-26(2)21-11-7-20(8-12-21)25(30)28-17-5-6-22(28)18-31-23-13-9-19(10-14-23)24(29)27-15-3-4-16-27/h7-14,22H,3-6,15-18H2,1-2H3/t22-/m0/s1. The Balaban J connectivity index is 1.34. The Morgan fingerprint density at radius 2 is 1.48 bits per heavy atom. The number of nitrogens with zero attached hydrogens (tertiary/aromatic N) is 3. The van der Waals surface area contributed by atoms with Crippen molar-refractivity contribution in [2.24, 2.45) is 0 Å². The molecule has 2 aromatic rings. The summed E-state index contributed by atoms with van der Waals surface area (Å²) in [5.74, 6) is 0.882. The van der Waals surface area contributed by atoms with E-state index in [1.165, 1.54) is 0 Å². The van der Waals surface area contributed by atoms with E-state index < -0.39 is 0 Å². The first-order valence-electron chi connectivity index (χ1n) is 11.1. The van der Waals surface area contributed by atoms with Crippen LogP contribution in [-0.4, -0.2) is 68.0 Å². The summed E-state index contributed by atoms with van der Waals surface area (Å²) >= 11 is 0. The van der Waals surface area contributed by atoms with Gasteiger partial charge in [-0.05, 0) is 74.2 Å². The highest BCUT2D eigenvalue weighted by atomic mass is 16.5. The second-order valence-electron chi connectivity index (χ2n) is 8.57. The van der Waals surface area contributed by atoms with Crippen LogP contribution < -0.4 is 9.64 Å². The normalized spacial score (nSPS) is 18.3. The summed E-state index contributed by atoms with van der Waals surface area (Å²) in [4.78, 5) is 31.3. The molecule has 0 N–H and O–H groups in total. The van der Waals surface area contributed by atoms with Crippen LogP contribution in [0.1, 0.15) is 46.4 Å². The number of benzene rings is 2. The first kappa shape index (κ1) is 21.2. The van der Waals surface area contributed by atoms with E-state index in [-0.39, 0.29) is 17.9 Å². The van der Waals surface area contributed by atoms with Gasteiger partial charge in [0.05, 0.1) is 6.04 Å². The zero-order valence-corrected chi connectivity index (χ0v) is 18.4. The monoisotopic (exact) mass is 421 g/mol. The molecular formula is C25H31N3O3. The Kier molecular flexibility index (Phi) is 6.44. The molecule has 4 rings (SSSR count). The van der Waals surface area contributed by atoms with Gasteiger partial charge in [-0.25, -0.2) is 0 Å². The molecule has 0 spiro atoms. The maximum Gasteiger partial charge on any atom is 0.254 e. The molecule has 2 aromatic carbocycles. The van der Waals surface area contributed by atoms with Crippen LogP contribution in [0.3, 0.4) is 0 Å². The van der Waals surface area contributed by atoms with Crippen LogP contribution in [0.5, 0.6) is 5.75 Å². The molecule has 31 heavy (non-hydrogen) atoms. The fourth-order valence-electron chi connectivity index (χ4n) is 4.33. The predicted molar refractivity (Wildman–Crippen MR) is 122 cm³/mol. The van der Waals surface area contributed by atoms with Crippen LogP contribution in [0, 0.1) is 0 Å². The first-order valence-corrected chi connectivity index (χ1v) is 11.1. The van der Waals surface area contributed by atoms with Crippen LogP contribution in [0.25, 0.3) is 0 Å². The van der Waals surface area contributed by atoms with Crippen molar-refractivity contribution in [2.75, 3.05) is 45.2 Å². The van der Waals surface area contributed by atoms with Gasteiger partial charge in [0.1, 0.15) is 12.4 Å². The molecule has 0 bridgehead atoms. The molecule has 2 heterocycles. The van der Waals surface area contributed by atoms with Gasteiger partial charge in [-0.15, -0.1) is 0 Å². The summed E-state index contributed by atoms with van der Waals surface area (Å²) < 4.78 is 5.99. The quantitative estimate of drug-likeness (QED) is 0.714. The van der Waals surface area contributed by atoms with Gasteiger partial charge >= 0.3 is 0 Å². The molecule has 164 valence electrons. The Bertz CT molecular complexity index is 903. The second-order valence-corrected chi connectivity index (χ2v) is 8.57. The third-order valence-corrected chi connectivity index (χ3v) is 6.21. The molecule has 2 amide bonds. The number of ether oxygens (including phenoxy) is 1. The number of anilines is 1. The van der Waals surface area contributed by atoms with E-state index in [4.69, 9.17) is 4.74 Å². The summed E-state index contributed by atoms with van der Waals surface area (Å²) in [7, 11) is 3.97. The molecule has 1 atom stereocenters. The second kappa shape index (κ2) is 9.41. The number of hydrogen-bond donors (Lipinski definition) is 0. The van der Waals surface area contributed by atoms with Gasteiger partial charge in [0, 0.05) is 50.5 Å². The Morgan fingerprint density at radius 1 is 0.871 bits per heavy atom. The maximum atomic E-state index is 13.0. The van der Waals surface area contributed by atoms with Crippen molar-refractivity contribution in [1.82, 2.24) is 9.80 Å². The Morgan fingerprint density at radius 3 is 2.13 bits per heavy atom. The summed E-state index contributed by atoms with van der Waals surface area (Å²) in [6, 6.07) is 15.2. The molecule has 6 nitrogen and oxygen atoms in total. The van der Waals surface area contributed by atoms with Gasteiger partial charge in [-0.2, -0.15) is 0 Å². The van der Waals surface area contributed by atoms with Crippen molar-refractivity contribution in [3.63, 3.8) is 0 Å². The minimum Gasteiger partial charge on any atom is -0.491 e. The summed E-state index contributed by atoms with van der Waals surface area (Å²) in [6.45, 7) is 2.91. The van der Waals surface area contributed by atoms with Crippen molar-refractivity contribution in [1.29, 1.82) is 0 Å². The molecule has 2 saturated heterocycles. The van der Waals surface area contributed by atoms with E-state index in [0.717, 1.165) is 56.8 Å². The van der Waals surface area contributed by atoms with Gasteiger partial charge in [0.15, 0.2) is 0 Å². The van der Waals surface area contributed by atoms with Gasteiger partial charge in [0.25, 0.3) is 11.8 Å². The highest BCUT2D eigenvalue weighted by Crippen LogP contribution is 2.23. The topological polar surface area (TPSA) is 53.1 Å². The smallest absolute Gasteiger partial charge is 0.254 e. The lowest BCUT2D eigenvalue weighted by molar-refractivity contribution is 0.0690. The molecule has 2 aliphatic heterocycles. The van der Waals surface area contributed by atoms with Crippen LogP contribution in [0.4, 0.5) is 5.69 Å². The van der Waals surface area contributed by atoms with Crippen LogP contribution in [0.15, 0.2) is 48.5 Å². The van der Waals surface area contributed by atoms with Gasteiger partial charge in [0.2, 0.25) is 0 Å². The average Bonchev–Trinajstić information content (AvgIpc) is 3.49. The Labute approximate surface area is 184 Å². The molecule has 6 heteroatoms. The fraction of sp³-hybridized carbons (Fsp3) is 0.440. The molecule has 0 unspecified atom stereocenters. The highest BCUT2D eigenvalue weighted by molar-refractivity contribution is 5.95. The third-order valence-electron chi connectivity index (χ3n) is 6.21. The highest BCUT2D eigenvalue weighted by Gasteiger charge is 2.30. The molecule has 0 saturated carbocycles. The van der Waals surface area contributed by atoms with Crippen molar-refractivity contribution in [3.8, 4) is 5.75 Å². The van der Waals surface area contributed by atoms with E-state index in [9.17, 15) is 9.59 Å². The van der Waals surface area contributed by atoms with Gasteiger partial charge < -0.3 is 19.4 Å². The number of amides is 2. The number of carbonyl (C=O) groups excluding carboxylic acids is 2. The zero-order valence-electron chi connectivity index (χ0n) is 18.4. The van der Waals surface area contributed by atoms with E-state index in [2.05, 4.69) is 0 Å². The zero-order chi connectivity index (χ0) is 21.8. The van der Waals surface area contributed by atoms with Gasteiger partial charge in [-0.1, -0.05) is 0 Å². The third kappa shape index (κ3) is 4.84. The van der Waals surface area contributed by atoms with E-state index in [1.807, 2.05) is 77.3 Å². The van der Waals surface area contributed by atoms with Crippen LogP contribution in [-0.2, 0) is 0 Å². The molecule has 2 fully saturated rings. The molecule has 2 aliphatic rings. The average molecular weight is 422 g/mol. The van der Waals surface area contributed by atoms with Crippen molar-refractivity contribution in [2.45, 2.75) is 31.7 Å².